The summed E-state index contributed by atoms with van der Waals surface area (Å²) >= 11 is 4.82. The van der Waals surface area contributed by atoms with E-state index < -0.39 is 0 Å². The third kappa shape index (κ3) is 5.58. The zero-order valence-electron chi connectivity index (χ0n) is 10.3. The molecule has 1 rings (SSSR count). The maximum Gasteiger partial charge on any atom is 0.338 e. The number of rotatable bonds is 3. The summed E-state index contributed by atoms with van der Waals surface area (Å²) < 4.78 is 4.85. The Morgan fingerprint density at radius 3 is 2.39 bits per heavy atom. The summed E-state index contributed by atoms with van der Waals surface area (Å²) in [7, 11) is 1.00. The number of ether oxygens (including phenoxy) is 1. The van der Waals surface area contributed by atoms with Crippen molar-refractivity contribution in [3.05, 3.63) is 29.8 Å². The van der Waals surface area contributed by atoms with Crippen LogP contribution < -0.4 is 16.6 Å². The fourth-order valence-corrected chi connectivity index (χ4v) is 1.19. The summed E-state index contributed by atoms with van der Waals surface area (Å²) in [6.07, 6.45) is 0. The van der Waals surface area contributed by atoms with Gasteiger partial charge >= 0.3 is 5.97 Å². The van der Waals surface area contributed by atoms with Crippen molar-refractivity contribution in [3.8, 4) is 0 Å². The molecule has 0 amide bonds. The molecule has 7 heteroatoms. The molecule has 0 fully saturated rings. The van der Waals surface area contributed by atoms with Crippen LogP contribution in [-0.2, 0) is 4.74 Å². The molecule has 0 aromatic heterocycles. The van der Waals surface area contributed by atoms with Crippen molar-refractivity contribution >= 4 is 29.0 Å². The van der Waals surface area contributed by atoms with E-state index in [4.69, 9.17) is 27.9 Å². The van der Waals surface area contributed by atoms with Crippen LogP contribution in [0, 0.1) is 0 Å². The molecule has 0 atom stereocenters. The van der Waals surface area contributed by atoms with Gasteiger partial charge in [0.1, 0.15) is 0 Å². The van der Waals surface area contributed by atoms with Gasteiger partial charge in [0.25, 0.3) is 0 Å². The van der Waals surface area contributed by atoms with E-state index in [0.29, 0.717) is 17.3 Å². The Hall–Kier alpha value is -1.70. The molecule has 0 heterocycles. The van der Waals surface area contributed by atoms with Crippen LogP contribution in [0.1, 0.15) is 17.3 Å². The number of aliphatic hydroxyl groups is 1. The molecular weight excluding hydrogens is 254 g/mol. The zero-order valence-corrected chi connectivity index (χ0v) is 11.1. The van der Waals surface area contributed by atoms with Gasteiger partial charge in [-0.2, -0.15) is 0 Å². The quantitative estimate of drug-likeness (QED) is 0.277. The Balaban J connectivity index is 0.00000137. The van der Waals surface area contributed by atoms with Crippen molar-refractivity contribution in [2.75, 3.05) is 19.0 Å². The largest absolute Gasteiger partial charge is 0.462 e. The fraction of sp³-hybridized carbons (Fsp3) is 0.273. The Morgan fingerprint density at radius 2 is 1.94 bits per heavy atom. The summed E-state index contributed by atoms with van der Waals surface area (Å²) in [6.45, 7) is 2.12. The molecule has 0 aliphatic heterocycles. The first-order valence-corrected chi connectivity index (χ1v) is 5.57. The molecule has 0 aliphatic carbocycles. The minimum atomic E-state index is -0.339. The Kier molecular flexibility index (Phi) is 8.46. The number of hydrogen-bond donors (Lipinski definition) is 4. The molecule has 1 aromatic rings. The van der Waals surface area contributed by atoms with Crippen LogP contribution in [0.3, 0.4) is 0 Å². The summed E-state index contributed by atoms with van der Waals surface area (Å²) in [5.74, 6) is 4.77. The predicted molar refractivity (Wildman–Crippen MR) is 74.1 cm³/mol. The van der Waals surface area contributed by atoms with Crippen molar-refractivity contribution in [3.63, 3.8) is 0 Å². The van der Waals surface area contributed by atoms with Gasteiger partial charge in [-0.15, -0.1) is 0 Å². The zero-order chi connectivity index (χ0) is 14.0. The molecule has 5 N–H and O–H groups in total. The number of esters is 1. The van der Waals surface area contributed by atoms with Gasteiger partial charge < -0.3 is 20.6 Å². The second-order valence-corrected chi connectivity index (χ2v) is 3.30. The van der Waals surface area contributed by atoms with Crippen LogP contribution in [0.15, 0.2) is 24.3 Å². The highest BCUT2D eigenvalue weighted by molar-refractivity contribution is 7.80. The van der Waals surface area contributed by atoms with Gasteiger partial charge in [0.15, 0.2) is 5.11 Å². The maximum absolute atomic E-state index is 11.3. The minimum Gasteiger partial charge on any atom is -0.462 e. The number of nitrogens with one attached hydrogen (secondary N) is 2. The number of benzene rings is 1. The number of carbonyl (C=O) groups excluding carboxylic acids is 1. The van der Waals surface area contributed by atoms with Gasteiger partial charge in [0.05, 0.1) is 12.2 Å². The molecule has 100 valence electrons. The van der Waals surface area contributed by atoms with E-state index in [-0.39, 0.29) is 5.97 Å². The van der Waals surface area contributed by atoms with Crippen molar-refractivity contribution in [1.82, 2.24) is 5.43 Å². The smallest absolute Gasteiger partial charge is 0.338 e. The van der Waals surface area contributed by atoms with Crippen molar-refractivity contribution in [1.29, 1.82) is 0 Å². The van der Waals surface area contributed by atoms with Crippen LogP contribution in [0.25, 0.3) is 0 Å². The van der Waals surface area contributed by atoms with Crippen LogP contribution in [0.4, 0.5) is 5.69 Å². The molecule has 0 unspecified atom stereocenters. The van der Waals surface area contributed by atoms with Crippen molar-refractivity contribution < 1.29 is 14.6 Å². The highest BCUT2D eigenvalue weighted by Gasteiger charge is 2.05. The summed E-state index contributed by atoms with van der Waals surface area (Å²) in [6, 6.07) is 6.74. The lowest BCUT2D eigenvalue weighted by atomic mass is 10.2. The molecule has 6 nitrogen and oxygen atoms in total. The third-order valence-electron chi connectivity index (χ3n) is 1.78. The van der Waals surface area contributed by atoms with Gasteiger partial charge in [-0.3, -0.25) is 0 Å². The van der Waals surface area contributed by atoms with Gasteiger partial charge in [-0.25, -0.2) is 10.6 Å². The van der Waals surface area contributed by atoms with Gasteiger partial charge in [-0.1, -0.05) is 0 Å². The Bertz CT molecular complexity index is 382. The number of nitrogens with two attached hydrogens (primary N) is 1. The molecular formula is C11H17N3O3S. The van der Waals surface area contributed by atoms with Crippen LogP contribution in [0.5, 0.6) is 0 Å². The summed E-state index contributed by atoms with van der Waals surface area (Å²) in [5, 5.41) is 10.1. The Labute approximate surface area is 111 Å². The Morgan fingerprint density at radius 1 is 1.39 bits per heavy atom. The maximum atomic E-state index is 11.3. The predicted octanol–water partition coefficient (Wildman–Crippen LogP) is 0.632. The van der Waals surface area contributed by atoms with Gasteiger partial charge in [0, 0.05) is 12.8 Å². The van der Waals surface area contributed by atoms with Crippen molar-refractivity contribution in [2.24, 2.45) is 5.84 Å². The van der Waals surface area contributed by atoms with E-state index in [2.05, 4.69) is 10.7 Å². The number of thiocarbonyl (C=S) groups is 1. The molecule has 0 saturated heterocycles. The lowest BCUT2D eigenvalue weighted by molar-refractivity contribution is 0.0526. The molecule has 0 bridgehead atoms. The third-order valence-corrected chi connectivity index (χ3v) is 2.00. The average molecular weight is 271 g/mol. The second-order valence-electron chi connectivity index (χ2n) is 2.90. The van der Waals surface area contributed by atoms with Gasteiger partial charge in [0.2, 0.25) is 0 Å². The normalized spacial score (nSPS) is 8.67. The van der Waals surface area contributed by atoms with E-state index in [0.717, 1.165) is 12.8 Å². The standard InChI is InChI=1S/C10H13N3O2S.CH4O/c1-2-15-9(14)7-3-5-8(6-4-7)12-10(16)13-11;1-2/h3-6H,2,11H2,1H3,(H2,12,13,16);2H,1H3. The molecule has 0 aliphatic rings. The van der Waals surface area contributed by atoms with Crippen LogP contribution in [-0.4, -0.2) is 29.9 Å². The number of anilines is 1. The summed E-state index contributed by atoms with van der Waals surface area (Å²) in [4.78, 5) is 11.3. The van der Waals surface area contributed by atoms with E-state index in [1.807, 2.05) is 0 Å². The minimum absolute atomic E-state index is 0.309. The van der Waals surface area contributed by atoms with E-state index >= 15 is 0 Å². The first-order chi connectivity index (χ1) is 8.67. The van der Waals surface area contributed by atoms with Gasteiger partial charge in [-0.05, 0) is 43.4 Å². The molecule has 0 spiro atoms. The van der Waals surface area contributed by atoms with E-state index in [1.54, 1.807) is 31.2 Å². The number of hydrogen-bond acceptors (Lipinski definition) is 5. The lowest BCUT2D eigenvalue weighted by Crippen LogP contribution is -2.34. The van der Waals surface area contributed by atoms with E-state index in [9.17, 15) is 4.79 Å². The molecule has 0 radical (unpaired) electrons. The monoisotopic (exact) mass is 271 g/mol. The number of hydrazine groups is 1. The highest BCUT2D eigenvalue weighted by atomic mass is 32.1. The van der Waals surface area contributed by atoms with E-state index in [1.165, 1.54) is 0 Å². The first-order valence-electron chi connectivity index (χ1n) is 5.17. The SMILES string of the molecule is CCOC(=O)c1ccc(NC(=S)NN)cc1.CO. The molecule has 0 saturated carbocycles. The van der Waals surface area contributed by atoms with Crippen molar-refractivity contribution in [2.45, 2.75) is 6.92 Å². The fourth-order valence-electron chi connectivity index (χ4n) is 1.07. The molecule has 18 heavy (non-hydrogen) atoms. The lowest BCUT2D eigenvalue weighted by Gasteiger charge is -2.07. The topological polar surface area (TPSA) is 96.6 Å². The average Bonchev–Trinajstić information content (AvgIpc) is 2.42. The first kappa shape index (κ1) is 16.3. The van der Waals surface area contributed by atoms with Crippen LogP contribution in [0.2, 0.25) is 0 Å². The van der Waals surface area contributed by atoms with Crippen LogP contribution >= 0.6 is 12.2 Å². The second kappa shape index (κ2) is 9.34. The molecule has 1 aromatic carbocycles. The summed E-state index contributed by atoms with van der Waals surface area (Å²) in [5.41, 5.74) is 3.55. The highest BCUT2D eigenvalue weighted by Crippen LogP contribution is 2.10. The number of aliphatic hydroxyl groups excluding tert-OH is 1. The number of carbonyl (C=O) groups is 1.